The molecule has 1 heterocycles. The van der Waals surface area contributed by atoms with E-state index in [0.29, 0.717) is 12.8 Å². The van der Waals surface area contributed by atoms with Gasteiger partial charge in [0.05, 0.1) is 13.0 Å². The van der Waals surface area contributed by atoms with E-state index in [2.05, 4.69) is 4.74 Å². The van der Waals surface area contributed by atoms with Gasteiger partial charge < -0.3 is 9.47 Å². The Morgan fingerprint density at radius 3 is 2.14 bits per heavy atom. The Labute approximate surface area is 125 Å². The smallest absolute Gasteiger partial charge is 0.322 e. The first-order valence-electron chi connectivity index (χ1n) is 6.82. The van der Waals surface area contributed by atoms with Crippen LogP contribution in [0, 0.1) is 5.92 Å². The van der Waals surface area contributed by atoms with Crippen LogP contribution in [0.4, 0.5) is 0 Å². The monoisotopic (exact) mass is 321 g/mol. The second-order valence-corrected chi connectivity index (χ2v) is 8.01. The van der Waals surface area contributed by atoms with Gasteiger partial charge in [0.25, 0.3) is 0 Å². The highest BCUT2D eigenvalue weighted by Gasteiger charge is 2.34. The van der Waals surface area contributed by atoms with Crippen molar-refractivity contribution in [3.63, 3.8) is 0 Å². The van der Waals surface area contributed by atoms with Crippen molar-refractivity contribution in [3.8, 4) is 0 Å². The van der Waals surface area contributed by atoms with Crippen molar-refractivity contribution in [2.75, 3.05) is 26.0 Å². The van der Waals surface area contributed by atoms with Crippen LogP contribution in [0.2, 0.25) is 0 Å². The summed E-state index contributed by atoms with van der Waals surface area (Å²) in [5.41, 5.74) is -0.550. The van der Waals surface area contributed by atoms with Crippen LogP contribution in [-0.4, -0.2) is 56.2 Å². The number of nitrogens with zero attached hydrogens (tertiary/aromatic N) is 1. The summed E-state index contributed by atoms with van der Waals surface area (Å²) in [7, 11) is -2.53. The zero-order valence-corrected chi connectivity index (χ0v) is 13.7. The molecule has 0 spiro atoms. The predicted molar refractivity (Wildman–Crippen MR) is 75.9 cm³/mol. The third-order valence-corrected chi connectivity index (χ3v) is 4.87. The van der Waals surface area contributed by atoms with E-state index in [4.69, 9.17) is 4.74 Å². The summed E-state index contributed by atoms with van der Waals surface area (Å²) in [6, 6.07) is 0. The van der Waals surface area contributed by atoms with Gasteiger partial charge in [-0.25, -0.2) is 12.7 Å². The Morgan fingerprint density at radius 1 is 1.19 bits per heavy atom. The molecule has 8 heteroatoms. The Hall–Kier alpha value is -1.15. The first kappa shape index (κ1) is 17.9. The number of sulfonamides is 1. The Balaban J connectivity index is 2.56. The van der Waals surface area contributed by atoms with Gasteiger partial charge in [-0.05, 0) is 33.6 Å². The van der Waals surface area contributed by atoms with Crippen LogP contribution in [0.5, 0.6) is 0 Å². The lowest BCUT2D eigenvalue weighted by atomic mass is 9.98. The van der Waals surface area contributed by atoms with Crippen LogP contribution >= 0.6 is 0 Å². The summed E-state index contributed by atoms with van der Waals surface area (Å²) < 4.78 is 34.8. The number of ether oxygens (including phenoxy) is 2. The number of esters is 2. The van der Waals surface area contributed by atoms with Gasteiger partial charge in [0, 0.05) is 13.1 Å². The number of carbonyl (C=O) groups excluding carboxylic acids is 2. The summed E-state index contributed by atoms with van der Waals surface area (Å²) in [6.45, 7) is 5.80. The normalized spacial score (nSPS) is 18.3. The van der Waals surface area contributed by atoms with E-state index in [0.717, 1.165) is 7.11 Å². The third kappa shape index (κ3) is 5.62. The number of methoxy groups -OCH3 is 1. The van der Waals surface area contributed by atoms with Gasteiger partial charge in [0.15, 0.2) is 5.75 Å². The van der Waals surface area contributed by atoms with Gasteiger partial charge in [0.1, 0.15) is 5.60 Å². The maximum atomic E-state index is 12.0. The first-order chi connectivity index (χ1) is 9.55. The molecule has 0 aromatic carbocycles. The lowest BCUT2D eigenvalue weighted by Crippen LogP contribution is -2.43. The molecule has 21 heavy (non-hydrogen) atoms. The van der Waals surface area contributed by atoms with Gasteiger partial charge in [-0.1, -0.05) is 0 Å². The minimum atomic E-state index is -3.67. The number of hydrogen-bond acceptors (Lipinski definition) is 6. The molecule has 1 aliphatic heterocycles. The fraction of sp³-hybridized carbons (Fsp3) is 0.846. The molecular weight excluding hydrogens is 298 g/mol. The minimum Gasteiger partial charge on any atom is -0.468 e. The van der Waals surface area contributed by atoms with Gasteiger partial charge in [0.2, 0.25) is 10.0 Å². The molecule has 0 saturated carbocycles. The summed E-state index contributed by atoms with van der Waals surface area (Å²) in [4.78, 5) is 23.0. The van der Waals surface area contributed by atoms with E-state index < -0.39 is 27.3 Å². The van der Waals surface area contributed by atoms with Crippen molar-refractivity contribution >= 4 is 22.0 Å². The molecule has 1 aliphatic rings. The summed E-state index contributed by atoms with van der Waals surface area (Å²) >= 11 is 0. The fourth-order valence-electron chi connectivity index (χ4n) is 2.05. The summed E-state index contributed by atoms with van der Waals surface area (Å²) in [5.74, 6) is -2.05. The van der Waals surface area contributed by atoms with Gasteiger partial charge in [-0.2, -0.15) is 0 Å². The number of carbonyl (C=O) groups is 2. The largest absolute Gasteiger partial charge is 0.468 e. The molecular formula is C13H23NO6S. The van der Waals surface area contributed by atoms with Crippen LogP contribution in [-0.2, 0) is 29.1 Å². The van der Waals surface area contributed by atoms with Crippen molar-refractivity contribution < 1.29 is 27.5 Å². The van der Waals surface area contributed by atoms with Crippen LogP contribution in [0.15, 0.2) is 0 Å². The van der Waals surface area contributed by atoms with E-state index in [9.17, 15) is 18.0 Å². The zero-order valence-electron chi connectivity index (χ0n) is 12.9. The van der Waals surface area contributed by atoms with E-state index in [-0.39, 0.29) is 25.0 Å². The molecule has 0 aromatic heterocycles. The maximum absolute atomic E-state index is 12.0. The number of rotatable bonds is 4. The molecule has 0 N–H and O–H groups in total. The van der Waals surface area contributed by atoms with E-state index in [1.165, 1.54) is 4.31 Å². The molecule has 0 atom stereocenters. The van der Waals surface area contributed by atoms with Crippen LogP contribution in [0.1, 0.15) is 33.6 Å². The average Bonchev–Trinajstić information content (AvgIpc) is 2.36. The van der Waals surface area contributed by atoms with Gasteiger partial charge >= 0.3 is 11.9 Å². The molecule has 1 fully saturated rings. The lowest BCUT2D eigenvalue weighted by molar-refractivity contribution is -0.161. The zero-order chi connectivity index (χ0) is 16.3. The Morgan fingerprint density at radius 2 is 1.71 bits per heavy atom. The quantitative estimate of drug-likeness (QED) is 0.702. The van der Waals surface area contributed by atoms with Crippen LogP contribution in [0.25, 0.3) is 0 Å². The molecule has 0 bridgehead atoms. The molecule has 0 amide bonds. The lowest BCUT2D eigenvalue weighted by Gasteiger charge is -2.31. The Kier molecular flexibility index (Phi) is 5.75. The second-order valence-electron chi connectivity index (χ2n) is 6.04. The molecule has 0 unspecified atom stereocenters. The fourth-order valence-corrected chi connectivity index (χ4v) is 3.42. The highest BCUT2D eigenvalue weighted by Crippen LogP contribution is 2.23. The van der Waals surface area contributed by atoms with E-state index >= 15 is 0 Å². The van der Waals surface area contributed by atoms with Crippen molar-refractivity contribution in [3.05, 3.63) is 0 Å². The van der Waals surface area contributed by atoms with Gasteiger partial charge in [-0.15, -0.1) is 0 Å². The maximum Gasteiger partial charge on any atom is 0.322 e. The minimum absolute atomic E-state index is 0.212. The van der Waals surface area contributed by atoms with Gasteiger partial charge in [-0.3, -0.25) is 9.59 Å². The first-order valence-corrected chi connectivity index (χ1v) is 8.43. The third-order valence-electron chi connectivity index (χ3n) is 3.12. The van der Waals surface area contributed by atoms with E-state index in [1.54, 1.807) is 20.8 Å². The molecule has 0 aliphatic carbocycles. The topological polar surface area (TPSA) is 90.0 Å². The van der Waals surface area contributed by atoms with Crippen LogP contribution in [0.3, 0.4) is 0 Å². The van der Waals surface area contributed by atoms with Crippen molar-refractivity contribution in [1.29, 1.82) is 0 Å². The number of piperidine rings is 1. The summed E-state index contributed by atoms with van der Waals surface area (Å²) in [6.07, 6.45) is 0.796. The molecule has 122 valence electrons. The molecule has 1 rings (SSSR count). The average molecular weight is 321 g/mol. The molecule has 1 saturated heterocycles. The van der Waals surface area contributed by atoms with Crippen molar-refractivity contribution in [2.45, 2.75) is 39.2 Å². The van der Waals surface area contributed by atoms with Crippen molar-refractivity contribution in [1.82, 2.24) is 4.31 Å². The highest BCUT2D eigenvalue weighted by molar-refractivity contribution is 7.89. The van der Waals surface area contributed by atoms with Crippen LogP contribution < -0.4 is 0 Å². The second kappa shape index (κ2) is 6.74. The summed E-state index contributed by atoms with van der Waals surface area (Å²) in [5, 5.41) is 0. The predicted octanol–water partition coefficient (Wildman–Crippen LogP) is 0.543. The SMILES string of the molecule is COC(=O)CS(=O)(=O)N1CCC(C(=O)OC(C)(C)C)CC1. The molecule has 0 aromatic rings. The standard InChI is InChI=1S/C13H23NO6S/c1-13(2,3)20-12(16)10-5-7-14(8-6-10)21(17,18)9-11(15)19-4/h10H,5-9H2,1-4H3. The Bertz CT molecular complexity index is 485. The van der Waals surface area contributed by atoms with Crippen molar-refractivity contribution in [2.24, 2.45) is 5.92 Å². The molecule has 7 nitrogen and oxygen atoms in total. The highest BCUT2D eigenvalue weighted by atomic mass is 32.2. The molecule has 0 radical (unpaired) electrons. The van der Waals surface area contributed by atoms with E-state index in [1.807, 2.05) is 0 Å². The number of hydrogen-bond donors (Lipinski definition) is 0.